The summed E-state index contributed by atoms with van der Waals surface area (Å²) in [6.45, 7) is 2.32. The van der Waals surface area contributed by atoms with Gasteiger partial charge in [-0.15, -0.1) is 0 Å². The first-order valence-corrected chi connectivity index (χ1v) is 6.41. The summed E-state index contributed by atoms with van der Waals surface area (Å²) >= 11 is 0. The second-order valence-corrected chi connectivity index (χ2v) is 4.48. The lowest BCUT2D eigenvalue weighted by molar-refractivity contribution is -0.138. The van der Waals surface area contributed by atoms with Crippen molar-refractivity contribution >= 4 is 0 Å². The Morgan fingerprint density at radius 3 is 2.57 bits per heavy atom. The molecule has 0 aliphatic carbocycles. The summed E-state index contributed by atoms with van der Waals surface area (Å²) in [5.41, 5.74) is 5.75. The molecule has 114 valence electrons. The predicted molar refractivity (Wildman–Crippen MR) is 71.9 cm³/mol. The highest BCUT2D eigenvalue weighted by Crippen LogP contribution is 2.37. The van der Waals surface area contributed by atoms with Crippen molar-refractivity contribution in [3.8, 4) is 5.75 Å². The smallest absolute Gasteiger partial charge is 0.416 e. The standard InChI is InChI=1S/C14H16F3N3O/c1-3-20-13(11(21-2)8-19-20)12(18)9-6-4-5-7-10(9)14(15,16)17/h4-8,12H,3,18H2,1-2H3. The normalized spacial score (nSPS) is 13.2. The van der Waals surface area contributed by atoms with Crippen molar-refractivity contribution in [2.24, 2.45) is 5.73 Å². The van der Waals surface area contributed by atoms with Crippen LogP contribution in [0.3, 0.4) is 0 Å². The van der Waals surface area contributed by atoms with Gasteiger partial charge in [0.15, 0.2) is 5.75 Å². The van der Waals surface area contributed by atoms with Crippen LogP contribution in [0.25, 0.3) is 0 Å². The number of nitrogens with two attached hydrogens (primary N) is 1. The third kappa shape index (κ3) is 2.87. The van der Waals surface area contributed by atoms with Gasteiger partial charge in [-0.3, -0.25) is 4.68 Å². The number of hydrogen-bond donors (Lipinski definition) is 1. The third-order valence-electron chi connectivity index (χ3n) is 3.26. The Labute approximate surface area is 120 Å². The molecule has 2 N–H and O–H groups in total. The first-order chi connectivity index (χ1) is 9.90. The van der Waals surface area contributed by atoms with Gasteiger partial charge in [-0.2, -0.15) is 18.3 Å². The summed E-state index contributed by atoms with van der Waals surface area (Å²) in [5.74, 6) is 0.376. The van der Waals surface area contributed by atoms with Crippen LogP contribution < -0.4 is 10.5 Å². The first-order valence-electron chi connectivity index (χ1n) is 6.41. The van der Waals surface area contributed by atoms with Crippen LogP contribution >= 0.6 is 0 Å². The lowest BCUT2D eigenvalue weighted by Gasteiger charge is -2.20. The molecule has 0 spiro atoms. The van der Waals surface area contributed by atoms with E-state index in [2.05, 4.69) is 5.10 Å². The molecule has 1 aromatic carbocycles. The molecule has 0 amide bonds. The van der Waals surface area contributed by atoms with Gasteiger partial charge in [0.05, 0.1) is 24.9 Å². The fourth-order valence-corrected chi connectivity index (χ4v) is 2.27. The fraction of sp³-hybridized carbons (Fsp3) is 0.357. The summed E-state index contributed by atoms with van der Waals surface area (Å²) in [6, 6.07) is 4.30. The maximum atomic E-state index is 13.1. The molecule has 1 aromatic heterocycles. The van der Waals surface area contributed by atoms with Crippen molar-refractivity contribution in [2.75, 3.05) is 7.11 Å². The Bertz CT molecular complexity index is 601. The monoisotopic (exact) mass is 299 g/mol. The van der Waals surface area contributed by atoms with Crippen LogP contribution in [0, 0.1) is 0 Å². The van der Waals surface area contributed by atoms with Crippen molar-refractivity contribution in [2.45, 2.75) is 25.7 Å². The minimum Gasteiger partial charge on any atom is -0.493 e. The number of halogens is 3. The molecule has 2 rings (SSSR count). The number of aromatic nitrogens is 2. The highest BCUT2D eigenvalue weighted by molar-refractivity contribution is 5.41. The molecule has 0 radical (unpaired) electrons. The molecule has 0 aliphatic rings. The average Bonchev–Trinajstić information content (AvgIpc) is 2.88. The van der Waals surface area contributed by atoms with E-state index < -0.39 is 17.8 Å². The quantitative estimate of drug-likeness (QED) is 0.944. The Morgan fingerprint density at radius 2 is 2.00 bits per heavy atom. The predicted octanol–water partition coefficient (Wildman–Crippen LogP) is 2.98. The van der Waals surface area contributed by atoms with Crippen LogP contribution in [-0.4, -0.2) is 16.9 Å². The molecule has 0 bridgehead atoms. The van der Waals surface area contributed by atoms with Crippen LogP contribution in [0.15, 0.2) is 30.5 Å². The zero-order chi connectivity index (χ0) is 15.6. The van der Waals surface area contributed by atoms with Crippen molar-refractivity contribution < 1.29 is 17.9 Å². The molecule has 0 aliphatic heterocycles. The molecule has 7 heteroatoms. The molecule has 4 nitrogen and oxygen atoms in total. The number of nitrogens with zero attached hydrogens (tertiary/aromatic N) is 2. The second-order valence-electron chi connectivity index (χ2n) is 4.48. The fourth-order valence-electron chi connectivity index (χ4n) is 2.27. The number of alkyl halides is 3. The molecule has 0 saturated carbocycles. The van der Waals surface area contributed by atoms with Gasteiger partial charge in [0.2, 0.25) is 0 Å². The summed E-state index contributed by atoms with van der Waals surface area (Å²) in [4.78, 5) is 0. The van der Waals surface area contributed by atoms with E-state index in [1.807, 2.05) is 6.92 Å². The number of aryl methyl sites for hydroxylation is 1. The molecule has 0 saturated heterocycles. The second kappa shape index (κ2) is 5.77. The van der Waals surface area contributed by atoms with E-state index >= 15 is 0 Å². The van der Waals surface area contributed by atoms with E-state index in [0.29, 0.717) is 18.0 Å². The van der Waals surface area contributed by atoms with Crippen molar-refractivity contribution in [3.63, 3.8) is 0 Å². The minimum absolute atomic E-state index is 0.00139. The SMILES string of the molecule is CCn1ncc(OC)c1C(N)c1ccccc1C(F)(F)F. The molecular weight excluding hydrogens is 283 g/mol. The molecule has 1 atom stereocenters. The number of hydrogen-bond acceptors (Lipinski definition) is 3. The van der Waals surface area contributed by atoms with Gasteiger partial charge >= 0.3 is 6.18 Å². The minimum atomic E-state index is -4.46. The molecule has 2 aromatic rings. The molecule has 21 heavy (non-hydrogen) atoms. The maximum absolute atomic E-state index is 13.1. The van der Waals surface area contributed by atoms with Gasteiger partial charge in [0.25, 0.3) is 0 Å². The van der Waals surface area contributed by atoms with E-state index in [1.54, 1.807) is 0 Å². The average molecular weight is 299 g/mol. The van der Waals surface area contributed by atoms with E-state index in [-0.39, 0.29) is 5.56 Å². The van der Waals surface area contributed by atoms with E-state index in [1.165, 1.54) is 36.2 Å². The van der Waals surface area contributed by atoms with Gasteiger partial charge in [-0.25, -0.2) is 0 Å². The molecule has 1 heterocycles. The summed E-state index contributed by atoms with van der Waals surface area (Å²) in [7, 11) is 1.43. The van der Waals surface area contributed by atoms with E-state index in [4.69, 9.17) is 10.5 Å². The van der Waals surface area contributed by atoms with Gasteiger partial charge < -0.3 is 10.5 Å². The highest BCUT2D eigenvalue weighted by atomic mass is 19.4. The summed E-state index contributed by atoms with van der Waals surface area (Å²) < 4.78 is 46.0. The van der Waals surface area contributed by atoms with E-state index in [9.17, 15) is 13.2 Å². The van der Waals surface area contributed by atoms with E-state index in [0.717, 1.165) is 6.07 Å². The topological polar surface area (TPSA) is 53.1 Å². The van der Waals surface area contributed by atoms with Crippen molar-refractivity contribution in [1.29, 1.82) is 0 Å². The van der Waals surface area contributed by atoms with Gasteiger partial charge in [-0.1, -0.05) is 18.2 Å². The Balaban J connectivity index is 2.56. The van der Waals surface area contributed by atoms with Crippen LogP contribution in [0.2, 0.25) is 0 Å². The van der Waals surface area contributed by atoms with Crippen LogP contribution in [0.5, 0.6) is 5.75 Å². The molecular formula is C14H16F3N3O. The summed E-state index contributed by atoms with van der Waals surface area (Å²) in [5, 5.41) is 4.07. The summed E-state index contributed by atoms with van der Waals surface area (Å²) in [6.07, 6.45) is -3.01. The molecule has 0 fully saturated rings. The Hall–Kier alpha value is -2.02. The van der Waals surface area contributed by atoms with Crippen LogP contribution in [-0.2, 0) is 12.7 Å². The van der Waals surface area contributed by atoms with Gasteiger partial charge in [0.1, 0.15) is 5.69 Å². The van der Waals surface area contributed by atoms with Gasteiger partial charge in [-0.05, 0) is 18.6 Å². The van der Waals surface area contributed by atoms with Crippen molar-refractivity contribution in [1.82, 2.24) is 9.78 Å². The number of rotatable bonds is 4. The number of methoxy groups -OCH3 is 1. The third-order valence-corrected chi connectivity index (χ3v) is 3.26. The maximum Gasteiger partial charge on any atom is 0.416 e. The Kier molecular flexibility index (Phi) is 4.22. The highest BCUT2D eigenvalue weighted by Gasteiger charge is 2.35. The van der Waals surface area contributed by atoms with Crippen molar-refractivity contribution in [3.05, 3.63) is 47.3 Å². The lowest BCUT2D eigenvalue weighted by Crippen LogP contribution is -2.22. The lowest BCUT2D eigenvalue weighted by atomic mass is 9.97. The van der Waals surface area contributed by atoms with Crippen LogP contribution in [0.1, 0.15) is 29.8 Å². The number of benzene rings is 1. The van der Waals surface area contributed by atoms with Crippen LogP contribution in [0.4, 0.5) is 13.2 Å². The molecule has 1 unspecified atom stereocenters. The van der Waals surface area contributed by atoms with Gasteiger partial charge in [0, 0.05) is 6.54 Å². The Morgan fingerprint density at radius 1 is 1.33 bits per heavy atom. The zero-order valence-electron chi connectivity index (χ0n) is 11.7. The largest absolute Gasteiger partial charge is 0.493 e. The first kappa shape index (κ1) is 15.4. The number of ether oxygens (including phenoxy) is 1. The zero-order valence-corrected chi connectivity index (χ0v) is 11.7.